The van der Waals surface area contributed by atoms with Crippen molar-refractivity contribution in [1.29, 1.82) is 0 Å². The quantitative estimate of drug-likeness (QED) is 0.891. The van der Waals surface area contributed by atoms with Crippen LogP contribution in [-0.4, -0.2) is 38.9 Å². The Hall–Kier alpha value is -1.92. The van der Waals surface area contributed by atoms with Gasteiger partial charge in [0, 0.05) is 30.2 Å². The van der Waals surface area contributed by atoms with Gasteiger partial charge < -0.3 is 10.6 Å². The summed E-state index contributed by atoms with van der Waals surface area (Å²) in [7, 11) is 0. The molecule has 1 aliphatic rings. The van der Waals surface area contributed by atoms with Crippen molar-refractivity contribution in [2.75, 3.05) is 13.1 Å². The number of benzene rings is 1. The van der Waals surface area contributed by atoms with Gasteiger partial charge in [0.05, 0.1) is 11.7 Å². The van der Waals surface area contributed by atoms with E-state index >= 15 is 0 Å². The minimum absolute atomic E-state index is 0.0752. The molecule has 2 aromatic rings. The number of nitrogens with zero attached hydrogens (tertiary/aromatic N) is 4. The summed E-state index contributed by atoms with van der Waals surface area (Å²) >= 11 is 6.01. The number of aromatic nitrogens is 3. The van der Waals surface area contributed by atoms with E-state index < -0.39 is 5.54 Å². The Morgan fingerprint density at radius 1 is 1.42 bits per heavy atom. The van der Waals surface area contributed by atoms with Crippen molar-refractivity contribution in [2.45, 2.75) is 45.7 Å². The van der Waals surface area contributed by atoms with Crippen LogP contribution in [0, 0.1) is 12.8 Å². The molecule has 0 unspecified atom stereocenters. The summed E-state index contributed by atoms with van der Waals surface area (Å²) in [5.74, 6) is 0.432. The molecule has 0 saturated carbocycles. The zero-order valence-corrected chi connectivity index (χ0v) is 16.3. The predicted molar refractivity (Wildman–Crippen MR) is 102 cm³/mol. The largest absolute Gasteiger partial charge is 0.338 e. The SMILES string of the molecule is Cc1cc(Cl)ccc1C(=O)N1CCC[C@@H](Cn2cc(C(C)(C)N)nn2)C1. The van der Waals surface area contributed by atoms with Crippen LogP contribution in [0.2, 0.25) is 5.02 Å². The fourth-order valence-electron chi connectivity index (χ4n) is 3.38. The highest BCUT2D eigenvalue weighted by molar-refractivity contribution is 6.30. The number of likely N-dealkylation sites (tertiary alicyclic amines) is 1. The lowest BCUT2D eigenvalue weighted by Crippen LogP contribution is -2.41. The molecule has 1 saturated heterocycles. The number of hydrogen-bond donors (Lipinski definition) is 1. The van der Waals surface area contributed by atoms with Gasteiger partial charge in [-0.3, -0.25) is 9.48 Å². The summed E-state index contributed by atoms with van der Waals surface area (Å²) in [5.41, 5.74) is 7.99. The number of carbonyl (C=O) groups excluding carboxylic acids is 1. The van der Waals surface area contributed by atoms with Gasteiger partial charge in [-0.25, -0.2) is 0 Å². The number of rotatable bonds is 4. The molecule has 3 rings (SSSR count). The Kier molecular flexibility index (Phi) is 5.34. The third kappa shape index (κ3) is 4.24. The van der Waals surface area contributed by atoms with Crippen LogP contribution in [0.4, 0.5) is 0 Å². The molecule has 1 atom stereocenters. The standard InChI is InChI=1S/C19H26ClN5O/c1-13-9-15(20)6-7-16(13)18(26)24-8-4-5-14(10-24)11-25-12-17(22-23-25)19(2,3)21/h6-7,9,12,14H,4-5,8,10-11,21H2,1-3H3/t14-/m1/s1. The van der Waals surface area contributed by atoms with E-state index in [1.165, 1.54) is 0 Å². The van der Waals surface area contributed by atoms with Crippen LogP contribution in [0.15, 0.2) is 24.4 Å². The van der Waals surface area contributed by atoms with E-state index in [4.69, 9.17) is 17.3 Å². The Labute approximate surface area is 159 Å². The molecule has 0 radical (unpaired) electrons. The van der Waals surface area contributed by atoms with Crippen LogP contribution in [0.5, 0.6) is 0 Å². The van der Waals surface area contributed by atoms with Gasteiger partial charge in [-0.05, 0) is 63.3 Å². The van der Waals surface area contributed by atoms with Gasteiger partial charge in [0.25, 0.3) is 5.91 Å². The monoisotopic (exact) mass is 375 g/mol. The second kappa shape index (κ2) is 7.37. The molecule has 0 bridgehead atoms. The molecule has 0 spiro atoms. The van der Waals surface area contributed by atoms with Crippen molar-refractivity contribution < 1.29 is 4.79 Å². The number of amides is 1. The summed E-state index contributed by atoms with van der Waals surface area (Å²) in [6, 6.07) is 5.42. The van der Waals surface area contributed by atoms with Crippen LogP contribution < -0.4 is 5.73 Å². The molecule has 6 nitrogen and oxygen atoms in total. The van der Waals surface area contributed by atoms with Gasteiger partial charge in [-0.15, -0.1) is 5.10 Å². The Bertz CT molecular complexity index is 795. The number of carbonyl (C=O) groups is 1. The van der Waals surface area contributed by atoms with Gasteiger partial charge in [-0.1, -0.05) is 16.8 Å². The smallest absolute Gasteiger partial charge is 0.254 e. The minimum atomic E-state index is -0.501. The highest BCUT2D eigenvalue weighted by atomic mass is 35.5. The first-order valence-corrected chi connectivity index (χ1v) is 9.37. The average molecular weight is 376 g/mol. The van der Waals surface area contributed by atoms with E-state index in [1.807, 2.05) is 48.7 Å². The molecule has 7 heteroatoms. The van der Waals surface area contributed by atoms with Crippen molar-refractivity contribution in [3.05, 3.63) is 46.2 Å². The second-order valence-corrected chi connectivity index (χ2v) is 8.20. The molecule has 140 valence electrons. The van der Waals surface area contributed by atoms with Gasteiger partial charge in [0.2, 0.25) is 0 Å². The van der Waals surface area contributed by atoms with Crippen molar-refractivity contribution in [3.8, 4) is 0 Å². The van der Waals surface area contributed by atoms with Crippen LogP contribution in [0.3, 0.4) is 0 Å². The molecular formula is C19H26ClN5O. The van der Waals surface area contributed by atoms with Crippen molar-refractivity contribution >= 4 is 17.5 Å². The maximum Gasteiger partial charge on any atom is 0.254 e. The molecule has 1 aliphatic heterocycles. The number of piperidine rings is 1. The third-order valence-corrected chi connectivity index (χ3v) is 5.10. The number of hydrogen-bond acceptors (Lipinski definition) is 4. The molecule has 2 N–H and O–H groups in total. The molecular weight excluding hydrogens is 350 g/mol. The van der Waals surface area contributed by atoms with E-state index in [0.717, 1.165) is 49.3 Å². The highest BCUT2D eigenvalue weighted by Gasteiger charge is 2.26. The third-order valence-electron chi connectivity index (χ3n) is 4.87. The van der Waals surface area contributed by atoms with Crippen LogP contribution in [0.25, 0.3) is 0 Å². The summed E-state index contributed by atoms with van der Waals surface area (Å²) in [6.07, 6.45) is 3.97. The van der Waals surface area contributed by atoms with E-state index in [-0.39, 0.29) is 5.91 Å². The summed E-state index contributed by atoms with van der Waals surface area (Å²) < 4.78 is 1.84. The first kappa shape index (κ1) is 18.9. The zero-order valence-electron chi connectivity index (χ0n) is 15.6. The Morgan fingerprint density at radius 3 is 2.85 bits per heavy atom. The predicted octanol–water partition coefficient (Wildman–Crippen LogP) is 2.99. The zero-order chi connectivity index (χ0) is 18.9. The van der Waals surface area contributed by atoms with Gasteiger partial charge in [0.15, 0.2) is 0 Å². The lowest BCUT2D eigenvalue weighted by atomic mass is 9.96. The van der Waals surface area contributed by atoms with Gasteiger partial charge in [0.1, 0.15) is 5.69 Å². The second-order valence-electron chi connectivity index (χ2n) is 7.77. The average Bonchev–Trinajstić information content (AvgIpc) is 3.03. The van der Waals surface area contributed by atoms with Crippen molar-refractivity contribution in [1.82, 2.24) is 19.9 Å². The minimum Gasteiger partial charge on any atom is -0.338 e. The summed E-state index contributed by atoms with van der Waals surface area (Å²) in [6.45, 7) is 8.00. The maximum atomic E-state index is 12.9. The molecule has 1 amide bonds. The van der Waals surface area contributed by atoms with Gasteiger partial charge >= 0.3 is 0 Å². The van der Waals surface area contributed by atoms with Crippen LogP contribution in [-0.2, 0) is 12.1 Å². The van der Waals surface area contributed by atoms with E-state index in [2.05, 4.69) is 10.3 Å². The molecule has 0 aliphatic carbocycles. The molecule has 1 aromatic heterocycles. The van der Waals surface area contributed by atoms with Crippen LogP contribution in [0.1, 0.15) is 48.3 Å². The van der Waals surface area contributed by atoms with E-state index in [0.29, 0.717) is 10.9 Å². The first-order valence-electron chi connectivity index (χ1n) is 8.99. The van der Waals surface area contributed by atoms with Gasteiger partial charge in [-0.2, -0.15) is 0 Å². The van der Waals surface area contributed by atoms with Crippen molar-refractivity contribution in [3.63, 3.8) is 0 Å². The highest BCUT2D eigenvalue weighted by Crippen LogP contribution is 2.23. The molecule has 1 fully saturated rings. The number of halogens is 1. The lowest BCUT2D eigenvalue weighted by Gasteiger charge is -2.33. The first-order chi connectivity index (χ1) is 12.2. The lowest BCUT2D eigenvalue weighted by molar-refractivity contribution is 0.0658. The fourth-order valence-corrected chi connectivity index (χ4v) is 3.61. The fraction of sp³-hybridized carbons (Fsp3) is 0.526. The van der Waals surface area contributed by atoms with E-state index in [9.17, 15) is 4.79 Å². The van der Waals surface area contributed by atoms with Crippen molar-refractivity contribution in [2.24, 2.45) is 11.7 Å². The van der Waals surface area contributed by atoms with Crippen LogP contribution >= 0.6 is 11.6 Å². The number of nitrogens with two attached hydrogens (primary N) is 1. The summed E-state index contributed by atoms with van der Waals surface area (Å²) in [4.78, 5) is 14.8. The normalized spacial score (nSPS) is 18.2. The number of aryl methyl sites for hydroxylation is 1. The maximum absolute atomic E-state index is 12.9. The van der Waals surface area contributed by atoms with E-state index in [1.54, 1.807) is 6.07 Å². The molecule has 1 aromatic carbocycles. The summed E-state index contributed by atoms with van der Waals surface area (Å²) in [5, 5.41) is 9.02. The Morgan fingerprint density at radius 2 is 2.19 bits per heavy atom. The molecule has 26 heavy (non-hydrogen) atoms. The molecule has 2 heterocycles. The topological polar surface area (TPSA) is 77.0 Å². The Balaban J connectivity index is 1.67.